The second kappa shape index (κ2) is 4.24. The SMILES string of the molecule is C1=Cc2c3ccc4ccc5ccccc5c4c3cc3cccc1c23. The summed E-state index contributed by atoms with van der Waals surface area (Å²) in [6.45, 7) is 0. The third-order valence-corrected chi connectivity index (χ3v) is 5.37. The van der Waals surface area contributed by atoms with Crippen molar-refractivity contribution in [3.8, 4) is 0 Å². The van der Waals surface area contributed by atoms with E-state index in [1.807, 2.05) is 0 Å². The van der Waals surface area contributed by atoms with Gasteiger partial charge in [-0.3, -0.25) is 0 Å². The molecule has 0 radical (unpaired) electrons. The summed E-state index contributed by atoms with van der Waals surface area (Å²) in [6, 6.07) is 26.7. The molecule has 24 heavy (non-hydrogen) atoms. The van der Waals surface area contributed by atoms with Gasteiger partial charge in [0.1, 0.15) is 0 Å². The van der Waals surface area contributed by atoms with E-state index in [9.17, 15) is 0 Å². The number of benzene rings is 5. The Balaban J connectivity index is 1.96. The van der Waals surface area contributed by atoms with E-state index in [1.54, 1.807) is 0 Å². The summed E-state index contributed by atoms with van der Waals surface area (Å²) in [5.41, 5.74) is 2.70. The monoisotopic (exact) mass is 302 g/mol. The van der Waals surface area contributed by atoms with Crippen LogP contribution in [-0.2, 0) is 0 Å². The number of hydrogen-bond acceptors (Lipinski definition) is 0. The van der Waals surface area contributed by atoms with Crippen LogP contribution >= 0.6 is 0 Å². The summed E-state index contributed by atoms with van der Waals surface area (Å²) in [4.78, 5) is 0. The minimum absolute atomic E-state index is 1.30. The van der Waals surface area contributed by atoms with E-state index in [-0.39, 0.29) is 0 Å². The second-order valence-corrected chi connectivity index (χ2v) is 6.61. The van der Waals surface area contributed by atoms with Crippen LogP contribution in [0.1, 0.15) is 11.1 Å². The lowest BCUT2D eigenvalue weighted by molar-refractivity contribution is 1.76. The summed E-state index contributed by atoms with van der Waals surface area (Å²) in [6.07, 6.45) is 4.52. The molecule has 1 aliphatic carbocycles. The molecule has 0 fully saturated rings. The molecular weight excluding hydrogens is 288 g/mol. The smallest absolute Gasteiger partial charge is 0.00264 e. The molecule has 5 aromatic carbocycles. The van der Waals surface area contributed by atoms with Crippen molar-refractivity contribution in [2.45, 2.75) is 0 Å². The maximum atomic E-state index is 2.37. The van der Waals surface area contributed by atoms with Crippen LogP contribution in [0.15, 0.2) is 72.8 Å². The quantitative estimate of drug-likeness (QED) is 0.214. The molecule has 0 saturated heterocycles. The summed E-state index contributed by atoms with van der Waals surface area (Å²) >= 11 is 0. The fraction of sp³-hybridized carbons (Fsp3) is 0. The van der Waals surface area contributed by atoms with Gasteiger partial charge in [0.2, 0.25) is 0 Å². The fourth-order valence-corrected chi connectivity index (χ4v) is 4.31. The predicted octanol–water partition coefficient (Wildman–Crippen LogP) is 6.78. The van der Waals surface area contributed by atoms with Crippen LogP contribution in [0.25, 0.3) is 55.2 Å². The van der Waals surface area contributed by atoms with Crippen molar-refractivity contribution < 1.29 is 0 Å². The van der Waals surface area contributed by atoms with E-state index in [4.69, 9.17) is 0 Å². The molecule has 110 valence electrons. The molecule has 0 atom stereocenters. The van der Waals surface area contributed by atoms with Crippen molar-refractivity contribution in [3.05, 3.63) is 83.9 Å². The molecule has 0 bridgehead atoms. The maximum absolute atomic E-state index is 2.37. The van der Waals surface area contributed by atoms with E-state index in [0.29, 0.717) is 0 Å². The molecule has 0 spiro atoms. The van der Waals surface area contributed by atoms with Gasteiger partial charge in [-0.05, 0) is 60.3 Å². The van der Waals surface area contributed by atoms with Gasteiger partial charge < -0.3 is 0 Å². The van der Waals surface area contributed by atoms with E-state index >= 15 is 0 Å². The molecule has 6 rings (SSSR count). The first-order valence-corrected chi connectivity index (χ1v) is 8.38. The summed E-state index contributed by atoms with van der Waals surface area (Å²) in [7, 11) is 0. The largest absolute Gasteiger partial charge is 0.0616 e. The zero-order valence-electron chi connectivity index (χ0n) is 13.1. The Bertz CT molecular complexity index is 1340. The number of fused-ring (bicyclic) bond motifs is 6. The van der Waals surface area contributed by atoms with Gasteiger partial charge in [-0.25, -0.2) is 0 Å². The molecule has 0 amide bonds. The van der Waals surface area contributed by atoms with Crippen molar-refractivity contribution in [1.82, 2.24) is 0 Å². The molecule has 0 aliphatic heterocycles. The molecular formula is C24H14. The number of hydrogen-bond donors (Lipinski definition) is 0. The Morgan fingerprint density at radius 3 is 2.29 bits per heavy atom. The maximum Gasteiger partial charge on any atom is -0.00264 e. The molecule has 0 heterocycles. The van der Waals surface area contributed by atoms with Crippen molar-refractivity contribution in [3.63, 3.8) is 0 Å². The zero-order valence-corrected chi connectivity index (χ0v) is 13.1. The van der Waals surface area contributed by atoms with Gasteiger partial charge in [-0.1, -0.05) is 78.9 Å². The highest BCUT2D eigenvalue weighted by molar-refractivity contribution is 6.25. The minimum atomic E-state index is 1.30. The van der Waals surface area contributed by atoms with E-state index < -0.39 is 0 Å². The molecule has 1 aliphatic rings. The van der Waals surface area contributed by atoms with Crippen molar-refractivity contribution >= 4 is 55.2 Å². The molecule has 0 saturated carbocycles. The van der Waals surface area contributed by atoms with Crippen LogP contribution in [0.4, 0.5) is 0 Å². The second-order valence-electron chi connectivity index (χ2n) is 6.61. The first-order chi connectivity index (χ1) is 11.9. The lowest BCUT2D eigenvalue weighted by Gasteiger charge is -2.12. The van der Waals surface area contributed by atoms with Crippen LogP contribution in [-0.4, -0.2) is 0 Å². The molecule has 0 unspecified atom stereocenters. The molecule has 0 heteroatoms. The average molecular weight is 302 g/mol. The Morgan fingerprint density at radius 1 is 0.458 bits per heavy atom. The van der Waals surface area contributed by atoms with Gasteiger partial charge in [-0.2, -0.15) is 0 Å². The highest BCUT2D eigenvalue weighted by Gasteiger charge is 2.14. The Labute approximate surface area is 139 Å². The number of rotatable bonds is 0. The van der Waals surface area contributed by atoms with Gasteiger partial charge in [-0.15, -0.1) is 0 Å². The standard InChI is InChI=1S/C24H14/c1-2-7-19-15(4-1)8-9-17-10-12-20-21-13-11-16-5-3-6-18(23(16)21)14-22(20)24(17)19/h1-14H. The van der Waals surface area contributed by atoms with Gasteiger partial charge in [0, 0.05) is 0 Å². The van der Waals surface area contributed by atoms with Crippen LogP contribution in [0.3, 0.4) is 0 Å². The predicted molar refractivity (Wildman–Crippen MR) is 105 cm³/mol. The van der Waals surface area contributed by atoms with Crippen LogP contribution in [0.2, 0.25) is 0 Å². The Hall–Kier alpha value is -3.12. The molecule has 0 aromatic heterocycles. The van der Waals surface area contributed by atoms with E-state index in [2.05, 4.69) is 84.9 Å². The summed E-state index contributed by atoms with van der Waals surface area (Å²) in [5.74, 6) is 0. The average Bonchev–Trinajstić information content (AvgIpc) is 3.07. The summed E-state index contributed by atoms with van der Waals surface area (Å²) < 4.78 is 0. The highest BCUT2D eigenvalue weighted by Crippen LogP contribution is 2.40. The van der Waals surface area contributed by atoms with Gasteiger partial charge >= 0.3 is 0 Å². The van der Waals surface area contributed by atoms with E-state index in [1.165, 1.54) is 54.2 Å². The van der Waals surface area contributed by atoms with Crippen molar-refractivity contribution in [2.75, 3.05) is 0 Å². The topological polar surface area (TPSA) is 0 Å². The first-order valence-electron chi connectivity index (χ1n) is 8.38. The Morgan fingerprint density at radius 2 is 1.29 bits per heavy atom. The van der Waals surface area contributed by atoms with E-state index in [0.717, 1.165) is 0 Å². The Kier molecular flexibility index (Phi) is 2.18. The third-order valence-electron chi connectivity index (χ3n) is 5.37. The zero-order chi connectivity index (χ0) is 15.7. The van der Waals surface area contributed by atoms with Crippen LogP contribution in [0, 0.1) is 0 Å². The van der Waals surface area contributed by atoms with Crippen LogP contribution < -0.4 is 0 Å². The van der Waals surface area contributed by atoms with Crippen molar-refractivity contribution in [2.24, 2.45) is 0 Å². The van der Waals surface area contributed by atoms with Gasteiger partial charge in [0.05, 0.1) is 0 Å². The highest BCUT2D eigenvalue weighted by atomic mass is 14.2. The fourth-order valence-electron chi connectivity index (χ4n) is 4.31. The third kappa shape index (κ3) is 1.43. The normalized spacial score (nSPS) is 12.8. The molecule has 0 nitrogen and oxygen atoms in total. The lowest BCUT2D eigenvalue weighted by atomic mass is 9.91. The van der Waals surface area contributed by atoms with Gasteiger partial charge in [0.15, 0.2) is 0 Å². The molecule has 0 N–H and O–H groups in total. The van der Waals surface area contributed by atoms with Crippen LogP contribution in [0.5, 0.6) is 0 Å². The lowest BCUT2D eigenvalue weighted by Crippen LogP contribution is -1.85. The first kappa shape index (κ1) is 12.3. The minimum Gasteiger partial charge on any atom is -0.0616 e. The van der Waals surface area contributed by atoms with Crippen molar-refractivity contribution in [1.29, 1.82) is 0 Å². The summed E-state index contributed by atoms with van der Waals surface area (Å²) in [5, 5.41) is 10.8. The van der Waals surface area contributed by atoms with Gasteiger partial charge in [0.25, 0.3) is 0 Å². The molecule has 5 aromatic rings.